The lowest BCUT2D eigenvalue weighted by Crippen LogP contribution is -2.22. The SMILES string of the molecule is CCc1ccc(NC(N)=NCc2cccc(OCC(F)F)n2)cc1.I. The van der Waals surface area contributed by atoms with Gasteiger partial charge in [-0.05, 0) is 30.2 Å². The van der Waals surface area contributed by atoms with E-state index in [1.54, 1.807) is 12.1 Å². The highest BCUT2D eigenvalue weighted by molar-refractivity contribution is 14.0. The Hall–Kier alpha value is -1.97. The van der Waals surface area contributed by atoms with Gasteiger partial charge in [0.05, 0.1) is 12.2 Å². The van der Waals surface area contributed by atoms with Crippen LogP contribution in [0, 0.1) is 0 Å². The highest BCUT2D eigenvalue weighted by Crippen LogP contribution is 2.11. The van der Waals surface area contributed by atoms with Crippen LogP contribution in [0.25, 0.3) is 0 Å². The third kappa shape index (κ3) is 7.63. The Morgan fingerprint density at radius 1 is 1.24 bits per heavy atom. The Morgan fingerprint density at radius 3 is 2.60 bits per heavy atom. The first-order valence-corrected chi connectivity index (χ1v) is 7.59. The molecule has 3 N–H and O–H groups in total. The summed E-state index contributed by atoms with van der Waals surface area (Å²) in [5.41, 5.74) is 8.50. The first-order valence-electron chi connectivity index (χ1n) is 7.59. The third-order valence-electron chi connectivity index (χ3n) is 3.18. The largest absolute Gasteiger partial charge is 0.472 e. The number of halogens is 3. The molecule has 0 atom stereocenters. The van der Waals surface area contributed by atoms with Gasteiger partial charge in [0.15, 0.2) is 12.6 Å². The molecule has 0 spiro atoms. The van der Waals surface area contributed by atoms with E-state index in [9.17, 15) is 8.78 Å². The lowest BCUT2D eigenvalue weighted by molar-refractivity contribution is 0.0795. The average molecular weight is 462 g/mol. The summed E-state index contributed by atoms with van der Waals surface area (Å²) >= 11 is 0. The van der Waals surface area contributed by atoms with E-state index in [0.717, 1.165) is 12.1 Å². The van der Waals surface area contributed by atoms with Crippen LogP contribution in [0.15, 0.2) is 47.5 Å². The van der Waals surface area contributed by atoms with Crippen LogP contribution in [-0.4, -0.2) is 24.0 Å². The fraction of sp³-hybridized carbons (Fsp3) is 0.294. The van der Waals surface area contributed by atoms with Crippen LogP contribution < -0.4 is 15.8 Å². The number of nitrogens with zero attached hydrogens (tertiary/aromatic N) is 2. The second-order valence-electron chi connectivity index (χ2n) is 5.05. The third-order valence-corrected chi connectivity index (χ3v) is 3.18. The predicted molar refractivity (Wildman–Crippen MR) is 106 cm³/mol. The Kier molecular flexibility index (Phi) is 9.11. The van der Waals surface area contributed by atoms with Gasteiger partial charge in [0.25, 0.3) is 6.43 Å². The smallest absolute Gasteiger partial charge is 0.272 e. The van der Waals surface area contributed by atoms with Gasteiger partial charge in [0.1, 0.15) is 0 Å². The molecule has 136 valence electrons. The van der Waals surface area contributed by atoms with E-state index in [0.29, 0.717) is 5.69 Å². The topological polar surface area (TPSA) is 72.5 Å². The maximum Gasteiger partial charge on any atom is 0.272 e. The molecule has 1 heterocycles. The van der Waals surface area contributed by atoms with Crippen LogP contribution in [0.2, 0.25) is 0 Å². The van der Waals surface area contributed by atoms with E-state index in [4.69, 9.17) is 10.5 Å². The number of benzene rings is 1. The Labute approximate surface area is 162 Å². The number of aromatic nitrogens is 1. The molecule has 25 heavy (non-hydrogen) atoms. The van der Waals surface area contributed by atoms with Gasteiger partial charge in [0, 0.05) is 11.8 Å². The number of hydrogen-bond donors (Lipinski definition) is 2. The molecule has 0 unspecified atom stereocenters. The van der Waals surface area contributed by atoms with Gasteiger partial charge in [0.2, 0.25) is 5.88 Å². The summed E-state index contributed by atoms with van der Waals surface area (Å²) in [4.78, 5) is 8.29. The van der Waals surface area contributed by atoms with Crippen LogP contribution in [0.1, 0.15) is 18.2 Å². The van der Waals surface area contributed by atoms with Crippen molar-refractivity contribution in [2.24, 2.45) is 10.7 Å². The minimum Gasteiger partial charge on any atom is -0.472 e. The number of guanidine groups is 1. The van der Waals surface area contributed by atoms with Crippen LogP contribution in [-0.2, 0) is 13.0 Å². The molecule has 8 heteroatoms. The highest BCUT2D eigenvalue weighted by atomic mass is 127. The van der Waals surface area contributed by atoms with Gasteiger partial charge >= 0.3 is 0 Å². The maximum atomic E-state index is 12.1. The molecule has 1 aromatic carbocycles. The minimum absolute atomic E-state index is 0. The monoisotopic (exact) mass is 462 g/mol. The van der Waals surface area contributed by atoms with Crippen molar-refractivity contribution in [2.45, 2.75) is 26.3 Å². The average Bonchev–Trinajstić information content (AvgIpc) is 2.59. The molecule has 2 aromatic rings. The van der Waals surface area contributed by atoms with Gasteiger partial charge in [-0.2, -0.15) is 0 Å². The zero-order valence-electron chi connectivity index (χ0n) is 13.8. The molecule has 0 fully saturated rings. The molecule has 0 saturated heterocycles. The molecule has 0 aliphatic heterocycles. The number of nitrogens with two attached hydrogens (primary N) is 1. The summed E-state index contributed by atoms with van der Waals surface area (Å²) in [7, 11) is 0. The maximum absolute atomic E-state index is 12.1. The lowest BCUT2D eigenvalue weighted by Gasteiger charge is -2.07. The molecule has 0 radical (unpaired) electrons. The molecule has 2 rings (SSSR count). The van der Waals surface area contributed by atoms with Crippen molar-refractivity contribution in [1.29, 1.82) is 0 Å². The number of rotatable bonds is 7. The van der Waals surface area contributed by atoms with Gasteiger partial charge in [-0.1, -0.05) is 25.1 Å². The standard InChI is InChI=1S/C17H20F2N4O.HI/c1-2-12-6-8-13(9-7-12)23-17(20)21-10-14-4-3-5-16(22-14)24-11-15(18)19;/h3-9,15H,2,10-11H2,1H3,(H3,20,21,23);1H. The number of nitrogens with one attached hydrogen (secondary N) is 1. The van der Waals surface area contributed by atoms with Gasteiger partial charge in [-0.3, -0.25) is 0 Å². The molecule has 0 aliphatic carbocycles. The summed E-state index contributed by atoms with van der Waals surface area (Å²) in [5, 5.41) is 2.99. The second-order valence-corrected chi connectivity index (χ2v) is 5.05. The second kappa shape index (κ2) is 10.8. The minimum atomic E-state index is -2.53. The van der Waals surface area contributed by atoms with E-state index < -0.39 is 13.0 Å². The first kappa shape index (κ1) is 21.1. The number of aryl methyl sites for hydroxylation is 1. The molecule has 5 nitrogen and oxygen atoms in total. The fourth-order valence-electron chi connectivity index (χ4n) is 1.95. The Morgan fingerprint density at radius 2 is 1.96 bits per heavy atom. The number of ether oxygens (including phenoxy) is 1. The van der Waals surface area contributed by atoms with Crippen LogP contribution in [0.5, 0.6) is 5.88 Å². The Bertz CT molecular complexity index is 681. The summed E-state index contributed by atoms with van der Waals surface area (Å²) in [5.74, 6) is 0.393. The molecule has 0 saturated carbocycles. The molecule has 1 aromatic heterocycles. The first-order chi connectivity index (χ1) is 11.6. The Balaban J connectivity index is 0.00000312. The van der Waals surface area contributed by atoms with Gasteiger partial charge < -0.3 is 15.8 Å². The molecule has 0 amide bonds. The molecule has 0 bridgehead atoms. The van der Waals surface area contributed by atoms with Gasteiger partial charge in [-0.15, -0.1) is 24.0 Å². The zero-order chi connectivity index (χ0) is 17.4. The van der Waals surface area contributed by atoms with Crippen molar-refractivity contribution < 1.29 is 13.5 Å². The normalized spacial score (nSPS) is 11.1. The molecule has 0 aliphatic rings. The fourth-order valence-corrected chi connectivity index (χ4v) is 1.95. The van der Waals surface area contributed by atoms with E-state index in [1.807, 2.05) is 24.3 Å². The van der Waals surface area contributed by atoms with Crippen molar-refractivity contribution in [3.05, 3.63) is 53.7 Å². The van der Waals surface area contributed by atoms with Gasteiger partial charge in [-0.25, -0.2) is 18.8 Å². The number of aliphatic imine (C=N–C) groups is 1. The summed E-state index contributed by atoms with van der Waals surface area (Å²) in [6, 6.07) is 12.8. The van der Waals surface area contributed by atoms with Crippen LogP contribution in [0.3, 0.4) is 0 Å². The lowest BCUT2D eigenvalue weighted by atomic mass is 10.1. The number of pyridine rings is 1. The number of hydrogen-bond acceptors (Lipinski definition) is 3. The summed E-state index contributed by atoms with van der Waals surface area (Å²) < 4.78 is 29.1. The van der Waals surface area contributed by atoms with E-state index in [1.165, 1.54) is 11.6 Å². The van der Waals surface area contributed by atoms with E-state index >= 15 is 0 Å². The molecular weight excluding hydrogens is 441 g/mol. The van der Waals surface area contributed by atoms with E-state index in [2.05, 4.69) is 22.2 Å². The van der Waals surface area contributed by atoms with Crippen molar-refractivity contribution in [3.8, 4) is 5.88 Å². The summed E-state index contributed by atoms with van der Waals surface area (Å²) in [6.45, 7) is 1.62. The summed E-state index contributed by atoms with van der Waals surface area (Å²) in [6.07, 6.45) is -1.56. The van der Waals surface area contributed by atoms with Crippen molar-refractivity contribution in [2.75, 3.05) is 11.9 Å². The van der Waals surface area contributed by atoms with Crippen LogP contribution in [0.4, 0.5) is 14.5 Å². The number of anilines is 1. The molecular formula is C17H21F2IN4O. The highest BCUT2D eigenvalue weighted by Gasteiger charge is 2.05. The quantitative estimate of drug-likeness (QED) is 0.373. The van der Waals surface area contributed by atoms with Crippen molar-refractivity contribution in [3.63, 3.8) is 0 Å². The predicted octanol–water partition coefficient (Wildman–Crippen LogP) is 3.83. The van der Waals surface area contributed by atoms with Crippen LogP contribution >= 0.6 is 24.0 Å². The van der Waals surface area contributed by atoms with Crippen molar-refractivity contribution >= 4 is 35.6 Å². The number of alkyl halides is 2. The zero-order valence-corrected chi connectivity index (χ0v) is 16.1. The van der Waals surface area contributed by atoms with E-state index in [-0.39, 0.29) is 42.4 Å². The van der Waals surface area contributed by atoms with Crippen molar-refractivity contribution in [1.82, 2.24) is 4.98 Å².